The summed E-state index contributed by atoms with van der Waals surface area (Å²) < 4.78 is 6.79. The van der Waals surface area contributed by atoms with E-state index in [0.29, 0.717) is 12.2 Å². The number of aryl methyl sites for hydroxylation is 1. The molecule has 1 amide bonds. The summed E-state index contributed by atoms with van der Waals surface area (Å²) in [5.41, 5.74) is 2.51. The Balaban J connectivity index is 2.17. The van der Waals surface area contributed by atoms with Crippen LogP contribution in [0.5, 0.6) is 5.75 Å². The molecule has 2 aromatic rings. The Morgan fingerprint density at radius 2 is 2.20 bits per heavy atom. The van der Waals surface area contributed by atoms with Gasteiger partial charge < -0.3 is 10.1 Å². The Hall–Kier alpha value is -1.08. The minimum Gasteiger partial charge on any atom is -0.491 e. The fourth-order valence-electron chi connectivity index (χ4n) is 1.69. The van der Waals surface area contributed by atoms with Gasteiger partial charge in [0, 0.05) is 5.38 Å². The zero-order valence-corrected chi connectivity index (χ0v) is 14.4. The number of carbonyl (C=O) groups excluding carboxylic acids is 1. The Labute approximate surface area is 136 Å². The first kappa shape index (κ1) is 15.3. The van der Waals surface area contributed by atoms with Gasteiger partial charge in [-0.1, -0.05) is 13.0 Å². The molecular weight excluding hydrogens is 385 g/mol. The number of halogens is 1. The fourth-order valence-corrected chi connectivity index (χ4v) is 3.01. The van der Waals surface area contributed by atoms with Crippen LogP contribution in [-0.2, 0) is 0 Å². The van der Waals surface area contributed by atoms with Crippen molar-refractivity contribution in [1.82, 2.24) is 0 Å². The number of hydrogen-bond donors (Lipinski definition) is 1. The molecule has 3 nitrogen and oxygen atoms in total. The van der Waals surface area contributed by atoms with Crippen molar-refractivity contribution < 1.29 is 9.53 Å². The van der Waals surface area contributed by atoms with E-state index in [1.54, 1.807) is 11.3 Å². The number of hydrogen-bond acceptors (Lipinski definition) is 3. The molecule has 1 heterocycles. The van der Waals surface area contributed by atoms with E-state index < -0.39 is 0 Å². The molecular formula is C15H16INO2S. The highest BCUT2D eigenvalue weighted by molar-refractivity contribution is 14.1. The van der Waals surface area contributed by atoms with E-state index in [9.17, 15) is 4.79 Å². The van der Waals surface area contributed by atoms with Gasteiger partial charge in [-0.15, -0.1) is 11.3 Å². The maximum Gasteiger partial charge on any atom is 0.256 e. The van der Waals surface area contributed by atoms with Crippen molar-refractivity contribution in [3.05, 3.63) is 43.7 Å². The molecule has 0 atom stereocenters. The van der Waals surface area contributed by atoms with E-state index >= 15 is 0 Å². The summed E-state index contributed by atoms with van der Waals surface area (Å²) in [4.78, 5) is 12.2. The Morgan fingerprint density at radius 1 is 1.40 bits per heavy atom. The standard InChI is InChI=1S/C15H16INO2S/c1-3-6-19-13-7-10(2)4-5-12(13)17-15(18)11-8-14(16)20-9-11/h4-5,7-9H,3,6H2,1-2H3,(H,17,18). The summed E-state index contributed by atoms with van der Waals surface area (Å²) in [7, 11) is 0. The molecule has 0 saturated heterocycles. The molecule has 0 aliphatic heterocycles. The molecule has 0 saturated carbocycles. The van der Waals surface area contributed by atoms with E-state index in [0.717, 1.165) is 26.3 Å². The van der Waals surface area contributed by atoms with Gasteiger partial charge >= 0.3 is 0 Å². The lowest BCUT2D eigenvalue weighted by Crippen LogP contribution is -2.12. The van der Waals surface area contributed by atoms with Crippen molar-refractivity contribution in [3.63, 3.8) is 0 Å². The molecule has 20 heavy (non-hydrogen) atoms. The van der Waals surface area contributed by atoms with E-state index in [4.69, 9.17) is 4.74 Å². The predicted octanol–water partition coefficient (Wildman–Crippen LogP) is 4.70. The van der Waals surface area contributed by atoms with Gasteiger partial charge in [0.25, 0.3) is 5.91 Å². The van der Waals surface area contributed by atoms with Gasteiger partial charge in [-0.3, -0.25) is 4.79 Å². The molecule has 5 heteroatoms. The Kier molecular flexibility index (Phi) is 5.42. The predicted molar refractivity (Wildman–Crippen MR) is 92.0 cm³/mol. The average molecular weight is 401 g/mol. The maximum atomic E-state index is 12.2. The second-order valence-corrected chi connectivity index (χ2v) is 7.25. The van der Waals surface area contributed by atoms with Crippen molar-refractivity contribution in [1.29, 1.82) is 0 Å². The summed E-state index contributed by atoms with van der Waals surface area (Å²) in [6.07, 6.45) is 0.935. The van der Waals surface area contributed by atoms with E-state index in [1.807, 2.05) is 36.6 Å². The van der Waals surface area contributed by atoms with Gasteiger partial charge in [-0.05, 0) is 59.7 Å². The molecule has 0 fully saturated rings. The first-order valence-corrected chi connectivity index (χ1v) is 8.35. The van der Waals surface area contributed by atoms with Gasteiger partial charge in [0.1, 0.15) is 5.75 Å². The number of carbonyl (C=O) groups is 1. The maximum absolute atomic E-state index is 12.2. The fraction of sp³-hybridized carbons (Fsp3) is 0.267. The molecule has 1 aromatic heterocycles. The molecule has 0 spiro atoms. The molecule has 0 radical (unpaired) electrons. The molecule has 0 bridgehead atoms. The van der Waals surface area contributed by atoms with Gasteiger partial charge in [0.05, 0.1) is 20.7 Å². The summed E-state index contributed by atoms with van der Waals surface area (Å²) in [5.74, 6) is 0.625. The molecule has 2 rings (SSSR count). The third-order valence-corrected chi connectivity index (χ3v) is 4.47. The second-order valence-electron chi connectivity index (χ2n) is 4.44. The number of anilines is 1. The van der Waals surface area contributed by atoms with Crippen LogP contribution in [0.4, 0.5) is 5.69 Å². The first-order valence-electron chi connectivity index (χ1n) is 6.39. The van der Waals surface area contributed by atoms with Crippen LogP contribution in [0.15, 0.2) is 29.6 Å². The third kappa shape index (κ3) is 3.96. The number of amides is 1. The number of ether oxygens (including phenoxy) is 1. The molecule has 106 valence electrons. The van der Waals surface area contributed by atoms with Crippen molar-refractivity contribution in [3.8, 4) is 5.75 Å². The number of nitrogens with one attached hydrogen (secondary N) is 1. The Morgan fingerprint density at radius 3 is 2.85 bits per heavy atom. The van der Waals surface area contributed by atoms with Crippen LogP contribution in [0.2, 0.25) is 0 Å². The van der Waals surface area contributed by atoms with Crippen LogP contribution < -0.4 is 10.1 Å². The number of thiophene rings is 1. The Bertz CT molecular complexity index is 610. The van der Waals surface area contributed by atoms with Gasteiger partial charge in [-0.25, -0.2) is 0 Å². The monoisotopic (exact) mass is 401 g/mol. The SMILES string of the molecule is CCCOc1cc(C)ccc1NC(=O)c1csc(I)c1. The van der Waals surface area contributed by atoms with E-state index in [1.165, 1.54) is 0 Å². The minimum atomic E-state index is -0.102. The number of benzene rings is 1. The van der Waals surface area contributed by atoms with Gasteiger partial charge in [0.2, 0.25) is 0 Å². The van der Waals surface area contributed by atoms with Crippen molar-refractivity contribution >= 4 is 45.5 Å². The van der Waals surface area contributed by atoms with Crippen LogP contribution in [0.1, 0.15) is 29.3 Å². The van der Waals surface area contributed by atoms with Crippen molar-refractivity contribution in [2.24, 2.45) is 0 Å². The minimum absolute atomic E-state index is 0.102. The zero-order valence-electron chi connectivity index (χ0n) is 11.4. The molecule has 0 unspecified atom stereocenters. The summed E-state index contributed by atoms with van der Waals surface area (Å²) in [5, 5.41) is 4.77. The molecule has 1 aromatic carbocycles. The molecule has 0 aliphatic carbocycles. The molecule has 0 aliphatic rings. The van der Waals surface area contributed by atoms with Crippen LogP contribution in [0.25, 0.3) is 0 Å². The summed E-state index contributed by atoms with van der Waals surface area (Å²) in [6, 6.07) is 7.67. The molecule has 1 N–H and O–H groups in total. The van der Waals surface area contributed by atoms with Crippen LogP contribution in [0, 0.1) is 9.81 Å². The lowest BCUT2D eigenvalue weighted by Gasteiger charge is -2.12. The van der Waals surface area contributed by atoms with Crippen molar-refractivity contribution in [2.75, 3.05) is 11.9 Å². The second kappa shape index (κ2) is 7.08. The van der Waals surface area contributed by atoms with Crippen LogP contribution in [0.3, 0.4) is 0 Å². The topological polar surface area (TPSA) is 38.3 Å². The average Bonchev–Trinajstić information content (AvgIpc) is 2.85. The van der Waals surface area contributed by atoms with Gasteiger partial charge in [-0.2, -0.15) is 0 Å². The van der Waals surface area contributed by atoms with Crippen LogP contribution in [-0.4, -0.2) is 12.5 Å². The zero-order chi connectivity index (χ0) is 14.5. The van der Waals surface area contributed by atoms with Crippen molar-refractivity contribution in [2.45, 2.75) is 20.3 Å². The van der Waals surface area contributed by atoms with Crippen LogP contribution >= 0.6 is 33.9 Å². The van der Waals surface area contributed by atoms with E-state index in [2.05, 4.69) is 34.8 Å². The largest absolute Gasteiger partial charge is 0.491 e. The normalized spacial score (nSPS) is 10.3. The highest BCUT2D eigenvalue weighted by Gasteiger charge is 2.11. The van der Waals surface area contributed by atoms with E-state index in [-0.39, 0.29) is 5.91 Å². The van der Waals surface area contributed by atoms with Gasteiger partial charge in [0.15, 0.2) is 0 Å². The highest BCUT2D eigenvalue weighted by Crippen LogP contribution is 2.27. The first-order chi connectivity index (χ1) is 9.60. The quantitative estimate of drug-likeness (QED) is 0.738. The lowest BCUT2D eigenvalue weighted by molar-refractivity contribution is 0.102. The number of rotatable bonds is 5. The lowest BCUT2D eigenvalue weighted by atomic mass is 10.2. The third-order valence-electron chi connectivity index (χ3n) is 2.68. The summed E-state index contributed by atoms with van der Waals surface area (Å²) >= 11 is 3.77. The smallest absolute Gasteiger partial charge is 0.256 e. The summed E-state index contributed by atoms with van der Waals surface area (Å²) in [6.45, 7) is 4.70. The highest BCUT2D eigenvalue weighted by atomic mass is 127.